The number of ether oxygens (including phenoxy) is 6. The Hall–Kier alpha value is -4.84. The molecule has 0 spiro atoms. The predicted molar refractivity (Wildman–Crippen MR) is 178 cm³/mol. The first kappa shape index (κ1) is 35.0. The number of carbonyl (C=O) groups excluding carboxylic acids is 2. The van der Waals surface area contributed by atoms with Crippen LogP contribution in [0, 0.1) is 0 Å². The largest absolute Gasteiger partial charge is 0.490 e. The van der Waals surface area contributed by atoms with E-state index in [1.165, 1.54) is 23.0 Å². The van der Waals surface area contributed by atoms with Crippen LogP contribution >= 0.6 is 11.3 Å². The topological polar surface area (TPSA) is 124 Å². The van der Waals surface area contributed by atoms with E-state index in [1.807, 2.05) is 32.9 Å². The van der Waals surface area contributed by atoms with Gasteiger partial charge in [-0.3, -0.25) is 9.36 Å². The first-order valence-electron chi connectivity index (χ1n) is 15.4. The standard InChI is InChI=1S/C35H40N2O9S/c1-8-13-24-16-22(17-27(43-10-3)32(24)44-11-4)18-28-33(39)37-31(30(34(40)45-12-5)21(6)36-35(37)47-28)23-14-15-25(26(19-23)42-9-2)46-20-29(38)41-7/h8,14-19,31H,1,9-13,20H2,2-7H3/b28-18-/t31-/m0/s1. The Labute approximate surface area is 277 Å². The van der Waals surface area contributed by atoms with E-state index in [0.717, 1.165) is 11.1 Å². The third-order valence-electron chi connectivity index (χ3n) is 7.08. The molecule has 1 aromatic heterocycles. The number of carbonyl (C=O) groups is 2. The molecule has 0 fully saturated rings. The van der Waals surface area contributed by atoms with Gasteiger partial charge in [-0.15, -0.1) is 6.58 Å². The molecular formula is C35H40N2O9S. The number of aromatic nitrogens is 1. The Bertz CT molecular complexity index is 1860. The molecular weight excluding hydrogens is 624 g/mol. The van der Waals surface area contributed by atoms with Crippen molar-refractivity contribution < 1.29 is 38.0 Å². The van der Waals surface area contributed by atoms with Crippen LogP contribution < -0.4 is 33.8 Å². The van der Waals surface area contributed by atoms with Gasteiger partial charge in [0.05, 0.1) is 55.4 Å². The SMILES string of the molecule is C=CCc1cc(/C=c2\sc3n(c2=O)[C@@H](c2ccc(OCC(=O)OC)c(OCC)c2)C(C(=O)OCC)=C(C)N=3)cc(OCC)c1OCC. The molecule has 1 aliphatic rings. The lowest BCUT2D eigenvalue weighted by Crippen LogP contribution is -2.40. The number of hydrogen-bond acceptors (Lipinski definition) is 11. The predicted octanol–water partition coefficient (Wildman–Crippen LogP) is 4.27. The van der Waals surface area contributed by atoms with E-state index in [9.17, 15) is 14.4 Å². The number of esters is 2. The molecule has 0 bridgehead atoms. The summed E-state index contributed by atoms with van der Waals surface area (Å²) in [6.07, 6.45) is 4.11. The summed E-state index contributed by atoms with van der Waals surface area (Å²) in [6, 6.07) is 7.95. The van der Waals surface area contributed by atoms with Crippen molar-refractivity contribution >= 4 is 29.4 Å². The molecule has 12 heteroatoms. The molecule has 0 saturated carbocycles. The van der Waals surface area contributed by atoms with Crippen molar-refractivity contribution in [2.45, 2.75) is 47.1 Å². The summed E-state index contributed by atoms with van der Waals surface area (Å²) in [5, 5.41) is 0. The van der Waals surface area contributed by atoms with E-state index >= 15 is 0 Å². The number of nitrogens with zero attached hydrogens (tertiary/aromatic N) is 2. The molecule has 0 aliphatic carbocycles. The van der Waals surface area contributed by atoms with Crippen LogP contribution in [0.5, 0.6) is 23.0 Å². The molecule has 2 heterocycles. The van der Waals surface area contributed by atoms with Gasteiger partial charge in [-0.1, -0.05) is 23.5 Å². The van der Waals surface area contributed by atoms with Gasteiger partial charge in [0.1, 0.15) is 0 Å². The molecule has 1 aliphatic heterocycles. The first-order chi connectivity index (χ1) is 22.7. The minimum absolute atomic E-state index is 0.143. The highest BCUT2D eigenvalue weighted by atomic mass is 32.1. The third-order valence-corrected chi connectivity index (χ3v) is 8.06. The van der Waals surface area contributed by atoms with Crippen LogP contribution in [-0.2, 0) is 25.5 Å². The van der Waals surface area contributed by atoms with Crippen LogP contribution in [0.2, 0.25) is 0 Å². The number of allylic oxidation sites excluding steroid dienone is 2. The number of benzene rings is 2. The lowest BCUT2D eigenvalue weighted by atomic mass is 9.95. The van der Waals surface area contributed by atoms with Gasteiger partial charge in [0, 0.05) is 5.56 Å². The van der Waals surface area contributed by atoms with E-state index < -0.39 is 18.0 Å². The maximum Gasteiger partial charge on any atom is 0.343 e. The fourth-order valence-corrected chi connectivity index (χ4v) is 6.23. The smallest absolute Gasteiger partial charge is 0.343 e. The molecule has 1 atom stereocenters. The van der Waals surface area contributed by atoms with E-state index in [0.29, 0.717) is 69.8 Å². The van der Waals surface area contributed by atoms with Crippen molar-refractivity contribution in [3.63, 3.8) is 0 Å². The summed E-state index contributed by atoms with van der Waals surface area (Å²) in [5.41, 5.74) is 2.50. The molecule has 0 radical (unpaired) electrons. The Morgan fingerprint density at radius 3 is 2.34 bits per heavy atom. The van der Waals surface area contributed by atoms with Gasteiger partial charge in [-0.25, -0.2) is 14.6 Å². The van der Waals surface area contributed by atoms with Crippen molar-refractivity contribution in [3.05, 3.63) is 90.6 Å². The van der Waals surface area contributed by atoms with Crippen LogP contribution in [0.4, 0.5) is 0 Å². The lowest BCUT2D eigenvalue weighted by molar-refractivity contribution is -0.143. The zero-order valence-corrected chi connectivity index (χ0v) is 28.4. The molecule has 4 rings (SSSR count). The van der Waals surface area contributed by atoms with Gasteiger partial charge < -0.3 is 28.4 Å². The Morgan fingerprint density at radius 2 is 1.68 bits per heavy atom. The van der Waals surface area contributed by atoms with Gasteiger partial charge in [-0.2, -0.15) is 0 Å². The normalized spacial score (nSPS) is 14.2. The van der Waals surface area contributed by atoms with Crippen molar-refractivity contribution in [1.82, 2.24) is 4.57 Å². The van der Waals surface area contributed by atoms with Gasteiger partial charge >= 0.3 is 11.9 Å². The zero-order valence-electron chi connectivity index (χ0n) is 27.5. The van der Waals surface area contributed by atoms with Gasteiger partial charge in [0.25, 0.3) is 5.56 Å². The van der Waals surface area contributed by atoms with Crippen LogP contribution in [0.15, 0.2) is 64.0 Å². The van der Waals surface area contributed by atoms with Crippen molar-refractivity contribution in [3.8, 4) is 23.0 Å². The zero-order chi connectivity index (χ0) is 34.1. The molecule has 0 saturated heterocycles. The van der Waals surface area contributed by atoms with Crippen LogP contribution in [0.25, 0.3) is 6.08 Å². The number of rotatable bonds is 15. The minimum atomic E-state index is -0.878. The maximum atomic E-state index is 14.2. The van der Waals surface area contributed by atoms with E-state index in [-0.39, 0.29) is 24.3 Å². The second-order valence-corrected chi connectivity index (χ2v) is 11.2. The van der Waals surface area contributed by atoms with Crippen molar-refractivity contribution in [2.75, 3.05) is 40.1 Å². The summed E-state index contributed by atoms with van der Waals surface area (Å²) in [7, 11) is 1.27. The average molecular weight is 665 g/mol. The number of thiazole rings is 1. The molecule has 47 heavy (non-hydrogen) atoms. The van der Waals surface area contributed by atoms with Crippen molar-refractivity contribution in [1.29, 1.82) is 0 Å². The average Bonchev–Trinajstić information content (AvgIpc) is 3.35. The first-order valence-corrected chi connectivity index (χ1v) is 16.2. The van der Waals surface area contributed by atoms with E-state index in [4.69, 9.17) is 23.7 Å². The monoisotopic (exact) mass is 664 g/mol. The van der Waals surface area contributed by atoms with Crippen LogP contribution in [0.3, 0.4) is 0 Å². The highest BCUT2D eigenvalue weighted by Gasteiger charge is 2.34. The molecule has 0 unspecified atom stereocenters. The minimum Gasteiger partial charge on any atom is -0.490 e. The second kappa shape index (κ2) is 16.1. The summed E-state index contributed by atoms with van der Waals surface area (Å²) in [5.74, 6) is 0.725. The van der Waals surface area contributed by atoms with E-state index in [2.05, 4.69) is 16.3 Å². The fraction of sp³-hybridized carbons (Fsp3) is 0.371. The number of fused-ring (bicyclic) bond motifs is 1. The quantitative estimate of drug-likeness (QED) is 0.173. The molecule has 11 nitrogen and oxygen atoms in total. The molecule has 250 valence electrons. The van der Waals surface area contributed by atoms with Gasteiger partial charge in [0.2, 0.25) is 0 Å². The molecule has 0 N–H and O–H groups in total. The fourth-order valence-electron chi connectivity index (χ4n) is 5.18. The van der Waals surface area contributed by atoms with Gasteiger partial charge in [-0.05, 0) is 82.5 Å². The number of hydrogen-bond donors (Lipinski definition) is 0. The highest BCUT2D eigenvalue weighted by Crippen LogP contribution is 2.37. The summed E-state index contributed by atoms with van der Waals surface area (Å²) >= 11 is 1.21. The lowest BCUT2D eigenvalue weighted by Gasteiger charge is -2.25. The van der Waals surface area contributed by atoms with Crippen molar-refractivity contribution in [2.24, 2.45) is 4.99 Å². The number of methoxy groups -OCH3 is 1. The van der Waals surface area contributed by atoms with E-state index in [1.54, 1.807) is 44.2 Å². The Kier molecular flexibility index (Phi) is 12.0. The maximum absolute atomic E-state index is 14.2. The summed E-state index contributed by atoms with van der Waals surface area (Å²) in [4.78, 5) is 44.4. The Balaban J connectivity index is 1.92. The highest BCUT2D eigenvalue weighted by molar-refractivity contribution is 7.07. The Morgan fingerprint density at radius 1 is 0.957 bits per heavy atom. The molecule has 2 aromatic carbocycles. The van der Waals surface area contributed by atoms with Crippen LogP contribution in [-0.4, -0.2) is 56.6 Å². The summed E-state index contributed by atoms with van der Waals surface area (Å²) in [6.45, 7) is 14.0. The van der Waals surface area contributed by atoms with Crippen LogP contribution in [0.1, 0.15) is 57.4 Å². The summed E-state index contributed by atoms with van der Waals surface area (Å²) < 4.78 is 35.3. The second-order valence-electron chi connectivity index (χ2n) is 10.2. The molecule has 3 aromatic rings. The molecule has 0 amide bonds. The van der Waals surface area contributed by atoms with Gasteiger partial charge in [0.15, 0.2) is 34.4 Å². The third kappa shape index (κ3) is 7.76.